The third-order valence-corrected chi connectivity index (χ3v) is 6.59. The second-order valence-corrected chi connectivity index (χ2v) is 10.2. The Balaban J connectivity index is 1.84. The van der Waals surface area contributed by atoms with Gasteiger partial charge in [-0.3, -0.25) is 9.52 Å². The van der Waals surface area contributed by atoms with Gasteiger partial charge in [-0.05, 0) is 43.2 Å². The van der Waals surface area contributed by atoms with Crippen LogP contribution in [-0.4, -0.2) is 26.8 Å². The number of anilines is 2. The van der Waals surface area contributed by atoms with Crippen LogP contribution in [0.25, 0.3) is 0 Å². The summed E-state index contributed by atoms with van der Waals surface area (Å²) in [5.41, 5.74) is 1.51. The molecule has 0 heterocycles. The summed E-state index contributed by atoms with van der Waals surface area (Å²) >= 11 is 0. The molecule has 0 aliphatic carbocycles. The van der Waals surface area contributed by atoms with Crippen molar-refractivity contribution >= 4 is 27.3 Å². The van der Waals surface area contributed by atoms with E-state index in [-0.39, 0.29) is 40.5 Å². The molecule has 9 heteroatoms. The largest absolute Gasteiger partial charge is 0.492 e. The smallest absolute Gasteiger partial charge is 0.265 e. The van der Waals surface area contributed by atoms with E-state index in [1.165, 1.54) is 50.2 Å². The summed E-state index contributed by atoms with van der Waals surface area (Å²) in [5, 5.41) is 2.86. The molecule has 7 nitrogen and oxygen atoms in total. The van der Waals surface area contributed by atoms with Crippen LogP contribution in [-0.2, 0) is 14.8 Å². The van der Waals surface area contributed by atoms with Crippen molar-refractivity contribution in [2.75, 3.05) is 16.6 Å². The molecular weight excluding hydrogens is 483 g/mol. The molecule has 0 aromatic heterocycles. The van der Waals surface area contributed by atoms with Crippen molar-refractivity contribution < 1.29 is 27.1 Å². The van der Waals surface area contributed by atoms with Gasteiger partial charge in [-0.15, -0.1) is 0 Å². The van der Waals surface area contributed by atoms with Crippen molar-refractivity contribution in [1.29, 1.82) is 0 Å². The maximum Gasteiger partial charge on any atom is 0.265 e. The predicted molar refractivity (Wildman–Crippen MR) is 139 cm³/mol. The molecule has 192 valence electrons. The second kappa shape index (κ2) is 11.4. The van der Waals surface area contributed by atoms with Crippen LogP contribution in [0, 0.1) is 0 Å². The molecule has 0 bridgehead atoms. The molecule has 0 radical (unpaired) electrons. The second-order valence-electron chi connectivity index (χ2n) is 8.55. The molecule has 2 N–H and O–H groups in total. The van der Waals surface area contributed by atoms with Crippen molar-refractivity contribution in [3.63, 3.8) is 0 Å². The first-order valence-corrected chi connectivity index (χ1v) is 13.1. The Bertz CT molecular complexity index is 1290. The first-order valence-electron chi connectivity index (χ1n) is 11.7. The van der Waals surface area contributed by atoms with E-state index in [4.69, 9.17) is 9.47 Å². The lowest BCUT2D eigenvalue weighted by Gasteiger charge is -2.18. The lowest BCUT2D eigenvalue weighted by molar-refractivity contribution is -0.117. The number of benzene rings is 3. The Labute approximate surface area is 211 Å². The number of nitrogens with one attached hydrogen (secondary N) is 2. The number of sulfonamides is 1. The normalized spacial score (nSPS) is 12.5. The summed E-state index contributed by atoms with van der Waals surface area (Å²) in [6.45, 7) is 6.38. The quantitative estimate of drug-likeness (QED) is 0.322. The number of rotatable bonds is 11. The van der Waals surface area contributed by atoms with Crippen molar-refractivity contribution in [1.82, 2.24) is 0 Å². The molecule has 1 unspecified atom stereocenters. The standard InChI is InChI=1S/C27H31FN2O5S/c1-5-23(19-11-8-7-9-12-19)26(31)29-20-15-16-25(24(18-20)34-6-2)36(32,33)30-21-13-10-14-22(17-21)35-27(3,4)28/h7-18,23,30H,5-6H2,1-4H3,(H,29,31). The van der Waals surface area contributed by atoms with Gasteiger partial charge in [0.2, 0.25) is 11.8 Å². The summed E-state index contributed by atoms with van der Waals surface area (Å²) in [6.07, 6.45) is 0.604. The molecule has 3 aromatic rings. The highest BCUT2D eigenvalue weighted by Crippen LogP contribution is 2.31. The van der Waals surface area contributed by atoms with Crippen LogP contribution in [0.2, 0.25) is 0 Å². The van der Waals surface area contributed by atoms with Gasteiger partial charge >= 0.3 is 0 Å². The monoisotopic (exact) mass is 514 g/mol. The number of alkyl halides is 1. The van der Waals surface area contributed by atoms with Gasteiger partial charge in [0.1, 0.15) is 16.4 Å². The maximum absolute atomic E-state index is 13.8. The van der Waals surface area contributed by atoms with E-state index < -0.39 is 15.9 Å². The summed E-state index contributed by atoms with van der Waals surface area (Å²) in [6, 6.07) is 19.8. The fourth-order valence-corrected chi connectivity index (χ4v) is 4.85. The van der Waals surface area contributed by atoms with Gasteiger partial charge in [0.15, 0.2) is 0 Å². The topological polar surface area (TPSA) is 93.7 Å². The molecule has 3 aromatic carbocycles. The Hall–Kier alpha value is -3.59. The molecule has 0 spiro atoms. The number of amides is 1. The fourth-order valence-electron chi connectivity index (χ4n) is 3.68. The number of ether oxygens (including phenoxy) is 2. The Morgan fingerprint density at radius 1 is 0.972 bits per heavy atom. The number of hydrogen-bond donors (Lipinski definition) is 2. The zero-order valence-corrected chi connectivity index (χ0v) is 21.6. The highest BCUT2D eigenvalue weighted by Gasteiger charge is 2.23. The summed E-state index contributed by atoms with van der Waals surface area (Å²) in [4.78, 5) is 12.8. The molecular formula is C27H31FN2O5S. The fraction of sp³-hybridized carbons (Fsp3) is 0.296. The van der Waals surface area contributed by atoms with E-state index in [2.05, 4.69) is 10.0 Å². The first kappa shape index (κ1) is 27.0. The van der Waals surface area contributed by atoms with Gasteiger partial charge in [-0.1, -0.05) is 43.3 Å². The van der Waals surface area contributed by atoms with Crippen LogP contribution in [0.3, 0.4) is 0 Å². The van der Waals surface area contributed by atoms with E-state index in [0.29, 0.717) is 12.1 Å². The number of hydrogen-bond acceptors (Lipinski definition) is 5. The van der Waals surface area contributed by atoms with Gasteiger partial charge in [-0.25, -0.2) is 8.42 Å². The molecule has 0 aliphatic heterocycles. The minimum atomic E-state index is -4.07. The van der Waals surface area contributed by atoms with Gasteiger partial charge in [0.25, 0.3) is 10.0 Å². The van der Waals surface area contributed by atoms with Crippen LogP contribution in [0.4, 0.5) is 15.8 Å². The molecule has 0 fully saturated rings. The Morgan fingerprint density at radius 2 is 1.69 bits per heavy atom. The van der Waals surface area contributed by atoms with Crippen molar-refractivity contribution in [3.05, 3.63) is 78.4 Å². The minimum Gasteiger partial charge on any atom is -0.492 e. The first-order chi connectivity index (χ1) is 17.0. The van der Waals surface area contributed by atoms with E-state index in [1.807, 2.05) is 37.3 Å². The van der Waals surface area contributed by atoms with Crippen LogP contribution in [0.1, 0.15) is 45.6 Å². The summed E-state index contributed by atoms with van der Waals surface area (Å²) in [5.74, 6) is -2.21. The van der Waals surface area contributed by atoms with Crippen molar-refractivity contribution in [2.45, 2.75) is 50.8 Å². The molecule has 3 rings (SSSR count). The third kappa shape index (κ3) is 7.21. The van der Waals surface area contributed by atoms with E-state index in [0.717, 1.165) is 5.56 Å². The Kier molecular flexibility index (Phi) is 8.57. The number of carbonyl (C=O) groups excluding carboxylic acids is 1. The van der Waals surface area contributed by atoms with Crippen LogP contribution in [0.5, 0.6) is 11.5 Å². The zero-order chi connectivity index (χ0) is 26.3. The number of carbonyl (C=O) groups is 1. The van der Waals surface area contributed by atoms with E-state index in [1.54, 1.807) is 13.0 Å². The van der Waals surface area contributed by atoms with Crippen LogP contribution < -0.4 is 19.5 Å². The van der Waals surface area contributed by atoms with Gasteiger partial charge in [0, 0.05) is 31.7 Å². The highest BCUT2D eigenvalue weighted by molar-refractivity contribution is 7.92. The molecule has 0 aliphatic rings. The van der Waals surface area contributed by atoms with Crippen LogP contribution in [0.15, 0.2) is 77.7 Å². The number of halogens is 1. The average Bonchev–Trinajstić information content (AvgIpc) is 2.79. The molecule has 1 atom stereocenters. The summed E-state index contributed by atoms with van der Waals surface area (Å²) in [7, 11) is -4.07. The Morgan fingerprint density at radius 3 is 2.33 bits per heavy atom. The van der Waals surface area contributed by atoms with E-state index in [9.17, 15) is 17.6 Å². The lowest BCUT2D eigenvalue weighted by atomic mass is 9.95. The van der Waals surface area contributed by atoms with Crippen molar-refractivity contribution in [2.24, 2.45) is 0 Å². The molecule has 0 saturated heterocycles. The third-order valence-electron chi connectivity index (χ3n) is 5.17. The van der Waals surface area contributed by atoms with Crippen LogP contribution >= 0.6 is 0 Å². The average molecular weight is 515 g/mol. The lowest BCUT2D eigenvalue weighted by Crippen LogP contribution is -2.21. The minimum absolute atomic E-state index is 0.0906. The van der Waals surface area contributed by atoms with Gasteiger partial charge < -0.3 is 14.8 Å². The van der Waals surface area contributed by atoms with Gasteiger partial charge in [0.05, 0.1) is 18.2 Å². The van der Waals surface area contributed by atoms with Crippen molar-refractivity contribution in [3.8, 4) is 11.5 Å². The maximum atomic E-state index is 13.8. The highest BCUT2D eigenvalue weighted by atomic mass is 32.2. The summed E-state index contributed by atoms with van der Waals surface area (Å²) < 4.78 is 53.4. The molecule has 36 heavy (non-hydrogen) atoms. The predicted octanol–water partition coefficient (Wildman–Crippen LogP) is 6.10. The van der Waals surface area contributed by atoms with E-state index >= 15 is 0 Å². The van der Waals surface area contributed by atoms with Gasteiger partial charge in [-0.2, -0.15) is 4.39 Å². The molecule has 0 saturated carbocycles. The molecule has 1 amide bonds. The zero-order valence-electron chi connectivity index (χ0n) is 20.7. The SMILES string of the molecule is CCOc1cc(NC(=O)C(CC)c2ccccc2)ccc1S(=O)(=O)Nc1cccc(OC(C)(C)F)c1.